The lowest BCUT2D eigenvalue weighted by molar-refractivity contribution is -0.123. The highest BCUT2D eigenvalue weighted by Crippen LogP contribution is 2.15. The van der Waals surface area contributed by atoms with Gasteiger partial charge in [0.25, 0.3) is 0 Å². The minimum atomic E-state index is -0.236. The van der Waals surface area contributed by atoms with E-state index >= 15 is 0 Å². The van der Waals surface area contributed by atoms with Crippen molar-refractivity contribution in [3.05, 3.63) is 0 Å². The Hall–Kier alpha value is -0.610. The van der Waals surface area contributed by atoms with Crippen molar-refractivity contribution >= 4 is 5.91 Å². The van der Waals surface area contributed by atoms with Crippen molar-refractivity contribution in [1.82, 2.24) is 4.90 Å². The fourth-order valence-electron chi connectivity index (χ4n) is 1.85. The lowest BCUT2D eigenvalue weighted by Gasteiger charge is -2.34. The molecule has 4 nitrogen and oxygen atoms in total. The van der Waals surface area contributed by atoms with E-state index < -0.39 is 0 Å². The van der Waals surface area contributed by atoms with Gasteiger partial charge in [-0.1, -0.05) is 0 Å². The lowest BCUT2D eigenvalue weighted by Crippen LogP contribution is -2.47. The molecule has 0 radical (unpaired) electrons. The number of amides is 1. The van der Waals surface area contributed by atoms with Crippen LogP contribution in [0.4, 0.5) is 0 Å². The number of primary amides is 1. The van der Waals surface area contributed by atoms with Gasteiger partial charge in [0.1, 0.15) is 0 Å². The first kappa shape index (κ1) is 11.5. The van der Waals surface area contributed by atoms with Gasteiger partial charge in [-0.25, -0.2) is 0 Å². The van der Waals surface area contributed by atoms with E-state index in [0.717, 1.165) is 32.5 Å². The van der Waals surface area contributed by atoms with E-state index in [0.29, 0.717) is 6.10 Å². The van der Waals surface area contributed by atoms with Crippen molar-refractivity contribution < 1.29 is 9.53 Å². The SMILES string of the molecule is CCOC1CCN(C(C)C(N)=O)CC1. The molecule has 1 aliphatic rings. The number of rotatable bonds is 4. The largest absolute Gasteiger partial charge is 0.378 e. The van der Waals surface area contributed by atoms with E-state index in [4.69, 9.17) is 10.5 Å². The van der Waals surface area contributed by atoms with Crippen molar-refractivity contribution in [2.24, 2.45) is 5.73 Å². The standard InChI is InChI=1S/C10H20N2O2/c1-3-14-9-4-6-12(7-5-9)8(2)10(11)13/h8-9H,3-7H2,1-2H3,(H2,11,13). The second kappa shape index (κ2) is 5.32. The summed E-state index contributed by atoms with van der Waals surface area (Å²) in [6, 6.07) is -0.141. The third kappa shape index (κ3) is 2.96. The Morgan fingerprint density at radius 1 is 1.57 bits per heavy atom. The second-order valence-electron chi connectivity index (χ2n) is 3.77. The number of carbonyl (C=O) groups is 1. The number of carbonyl (C=O) groups excluding carboxylic acids is 1. The molecule has 1 heterocycles. The molecule has 1 saturated heterocycles. The molecule has 1 fully saturated rings. The summed E-state index contributed by atoms with van der Waals surface area (Å²) in [7, 11) is 0. The maximum absolute atomic E-state index is 11.0. The maximum Gasteiger partial charge on any atom is 0.234 e. The fraction of sp³-hybridized carbons (Fsp3) is 0.900. The Labute approximate surface area is 85.4 Å². The molecule has 4 heteroatoms. The Balaban J connectivity index is 2.31. The van der Waals surface area contributed by atoms with Crippen molar-refractivity contribution in [3.8, 4) is 0 Å². The van der Waals surface area contributed by atoms with Gasteiger partial charge in [0.2, 0.25) is 5.91 Å². The average molecular weight is 200 g/mol. The second-order valence-corrected chi connectivity index (χ2v) is 3.77. The highest BCUT2D eigenvalue weighted by molar-refractivity contribution is 5.79. The molecule has 0 aromatic rings. The van der Waals surface area contributed by atoms with Crippen molar-refractivity contribution in [3.63, 3.8) is 0 Å². The first-order valence-corrected chi connectivity index (χ1v) is 5.30. The van der Waals surface area contributed by atoms with Crippen LogP contribution in [0.15, 0.2) is 0 Å². The van der Waals surface area contributed by atoms with E-state index in [-0.39, 0.29) is 11.9 Å². The van der Waals surface area contributed by atoms with E-state index in [2.05, 4.69) is 4.90 Å². The lowest BCUT2D eigenvalue weighted by atomic mass is 10.1. The molecule has 1 atom stereocenters. The Bertz CT molecular complexity index is 189. The third-order valence-corrected chi connectivity index (χ3v) is 2.84. The van der Waals surface area contributed by atoms with Crippen LogP contribution >= 0.6 is 0 Å². The zero-order chi connectivity index (χ0) is 10.6. The van der Waals surface area contributed by atoms with Crippen LogP contribution in [0, 0.1) is 0 Å². The molecule has 82 valence electrons. The molecule has 0 saturated carbocycles. The predicted octanol–water partition coefficient (Wildman–Crippen LogP) is 0.361. The molecule has 2 N–H and O–H groups in total. The molecule has 1 rings (SSSR count). The van der Waals surface area contributed by atoms with Crippen LogP contribution in [0.1, 0.15) is 26.7 Å². The molecule has 0 spiro atoms. The average Bonchev–Trinajstić information content (AvgIpc) is 2.18. The first-order chi connectivity index (χ1) is 6.65. The van der Waals surface area contributed by atoms with Crippen molar-refractivity contribution in [2.45, 2.75) is 38.8 Å². The molecule has 0 aliphatic carbocycles. The van der Waals surface area contributed by atoms with Crippen LogP contribution in [0.2, 0.25) is 0 Å². The third-order valence-electron chi connectivity index (χ3n) is 2.84. The van der Waals surface area contributed by atoms with Gasteiger partial charge in [-0.2, -0.15) is 0 Å². The van der Waals surface area contributed by atoms with Gasteiger partial charge in [0.05, 0.1) is 12.1 Å². The summed E-state index contributed by atoms with van der Waals surface area (Å²) in [5.74, 6) is -0.236. The molecule has 0 aromatic heterocycles. The van der Waals surface area contributed by atoms with Crippen molar-refractivity contribution in [1.29, 1.82) is 0 Å². The number of hydrogen-bond acceptors (Lipinski definition) is 3. The van der Waals surface area contributed by atoms with E-state index in [1.807, 2.05) is 13.8 Å². The number of nitrogens with two attached hydrogens (primary N) is 1. The van der Waals surface area contributed by atoms with E-state index in [9.17, 15) is 4.79 Å². The van der Waals surface area contributed by atoms with Crippen LogP contribution < -0.4 is 5.73 Å². The van der Waals surface area contributed by atoms with Gasteiger partial charge in [0, 0.05) is 19.7 Å². The van der Waals surface area contributed by atoms with Gasteiger partial charge in [-0.05, 0) is 26.7 Å². The zero-order valence-electron chi connectivity index (χ0n) is 9.03. The smallest absolute Gasteiger partial charge is 0.234 e. The fourth-order valence-corrected chi connectivity index (χ4v) is 1.85. The minimum absolute atomic E-state index is 0.141. The number of likely N-dealkylation sites (tertiary alicyclic amines) is 1. The number of hydrogen-bond donors (Lipinski definition) is 1. The summed E-state index contributed by atoms with van der Waals surface area (Å²) >= 11 is 0. The minimum Gasteiger partial charge on any atom is -0.378 e. The summed E-state index contributed by atoms with van der Waals surface area (Å²) in [4.78, 5) is 13.1. The molecular weight excluding hydrogens is 180 g/mol. The Morgan fingerprint density at radius 2 is 2.14 bits per heavy atom. The summed E-state index contributed by atoms with van der Waals surface area (Å²) in [5.41, 5.74) is 5.25. The van der Waals surface area contributed by atoms with Crippen LogP contribution in [0.3, 0.4) is 0 Å². The summed E-state index contributed by atoms with van der Waals surface area (Å²) < 4.78 is 5.53. The summed E-state index contributed by atoms with van der Waals surface area (Å²) in [5, 5.41) is 0. The zero-order valence-corrected chi connectivity index (χ0v) is 9.03. The van der Waals surface area contributed by atoms with Crippen LogP contribution in [0.25, 0.3) is 0 Å². The first-order valence-electron chi connectivity index (χ1n) is 5.30. The van der Waals surface area contributed by atoms with Crippen LogP contribution in [-0.2, 0) is 9.53 Å². The Kier molecular flexibility index (Phi) is 4.35. The molecule has 0 bridgehead atoms. The molecule has 1 aliphatic heterocycles. The van der Waals surface area contributed by atoms with Crippen molar-refractivity contribution in [2.75, 3.05) is 19.7 Å². The van der Waals surface area contributed by atoms with Crippen LogP contribution in [-0.4, -0.2) is 42.6 Å². The van der Waals surface area contributed by atoms with Gasteiger partial charge >= 0.3 is 0 Å². The predicted molar refractivity (Wildman–Crippen MR) is 54.9 cm³/mol. The molecular formula is C10H20N2O2. The summed E-state index contributed by atoms with van der Waals surface area (Å²) in [6.07, 6.45) is 2.38. The molecule has 14 heavy (non-hydrogen) atoms. The van der Waals surface area contributed by atoms with Gasteiger partial charge in [-0.3, -0.25) is 9.69 Å². The molecule has 0 aromatic carbocycles. The number of ether oxygens (including phenoxy) is 1. The molecule has 1 amide bonds. The number of nitrogens with zero attached hydrogens (tertiary/aromatic N) is 1. The summed E-state index contributed by atoms with van der Waals surface area (Å²) in [6.45, 7) is 6.47. The van der Waals surface area contributed by atoms with Gasteiger partial charge < -0.3 is 10.5 Å². The topological polar surface area (TPSA) is 55.6 Å². The quantitative estimate of drug-likeness (QED) is 0.713. The highest BCUT2D eigenvalue weighted by Gasteiger charge is 2.25. The number of piperidine rings is 1. The Morgan fingerprint density at radius 3 is 2.57 bits per heavy atom. The van der Waals surface area contributed by atoms with Gasteiger partial charge in [-0.15, -0.1) is 0 Å². The van der Waals surface area contributed by atoms with Crippen LogP contribution in [0.5, 0.6) is 0 Å². The normalized spacial score (nSPS) is 22.1. The maximum atomic E-state index is 11.0. The van der Waals surface area contributed by atoms with E-state index in [1.165, 1.54) is 0 Å². The highest BCUT2D eigenvalue weighted by atomic mass is 16.5. The monoisotopic (exact) mass is 200 g/mol. The van der Waals surface area contributed by atoms with E-state index in [1.54, 1.807) is 0 Å². The van der Waals surface area contributed by atoms with Gasteiger partial charge in [0.15, 0.2) is 0 Å². The molecule has 1 unspecified atom stereocenters.